The van der Waals surface area contributed by atoms with Crippen molar-refractivity contribution < 1.29 is 66.0 Å². The molecular weight excluding hydrogens is 747 g/mol. The van der Waals surface area contributed by atoms with E-state index in [0.717, 1.165) is 4.90 Å². The van der Waals surface area contributed by atoms with Crippen molar-refractivity contribution in [3.63, 3.8) is 0 Å². The first kappa shape index (κ1) is 47.5. The van der Waals surface area contributed by atoms with Crippen LogP contribution < -0.4 is 5.32 Å². The fourth-order valence-electron chi connectivity index (χ4n) is 5.94. The van der Waals surface area contributed by atoms with Crippen LogP contribution in [0.2, 0.25) is 25.7 Å². The van der Waals surface area contributed by atoms with Gasteiger partial charge in [0, 0.05) is 27.0 Å². The molecule has 1 aliphatic carbocycles. The van der Waals surface area contributed by atoms with Crippen molar-refractivity contribution in [2.24, 2.45) is 5.92 Å². The molecule has 55 heavy (non-hydrogen) atoms. The summed E-state index contributed by atoms with van der Waals surface area (Å²) in [5.41, 5.74) is -3.70. The Morgan fingerprint density at radius 3 is 2.04 bits per heavy atom. The van der Waals surface area contributed by atoms with Gasteiger partial charge in [0.25, 0.3) is 0 Å². The molecule has 0 radical (unpaired) electrons. The number of nitrogens with one attached hydrogen (secondary N) is 1. The monoisotopic (exact) mass is 807 g/mol. The largest absolute Gasteiger partial charge is 0.471 e. The molecule has 314 valence electrons. The molecule has 0 aromatic heterocycles. The molecule has 2 fully saturated rings. The Morgan fingerprint density at radius 2 is 1.53 bits per heavy atom. The van der Waals surface area contributed by atoms with E-state index in [9.17, 15) is 47.0 Å². The quantitative estimate of drug-likeness (QED) is 0.0626. The van der Waals surface area contributed by atoms with E-state index >= 15 is 0 Å². The molecule has 0 aromatic rings. The summed E-state index contributed by atoms with van der Waals surface area (Å²) in [6.45, 7) is 17.3. The minimum absolute atomic E-state index is 0.0117. The lowest BCUT2D eigenvalue weighted by Crippen LogP contribution is -2.55. The van der Waals surface area contributed by atoms with Crippen molar-refractivity contribution in [3.8, 4) is 0 Å². The van der Waals surface area contributed by atoms with Gasteiger partial charge in [-0.3, -0.25) is 9.59 Å². The van der Waals surface area contributed by atoms with Crippen LogP contribution in [-0.2, 0) is 38.1 Å². The van der Waals surface area contributed by atoms with Gasteiger partial charge in [-0.1, -0.05) is 44.6 Å². The Hall–Kier alpha value is -3.67. The Balaban J connectivity index is 2.13. The number of alkyl halides is 3. The molecule has 4 amide bonds. The number of hydrogen-bond acceptors (Lipinski definition) is 11. The summed E-state index contributed by atoms with van der Waals surface area (Å²) in [6.07, 6.45) is -3.80. The Bertz CT molecular complexity index is 1390. The SMILES string of the molecule is CCOC(=O)[C@@]1(N(C(=O)OC(C)(C)C)C(=O)OC(C)(C)C)C[C@H]1/C=C\CCCCC[C@H](NC(=O)C(F)(F)F)C(=O)N1C[C@H](O)C[C@H]1C(=O)OCC[Si](C)(C)C. The van der Waals surface area contributed by atoms with Crippen LogP contribution >= 0.6 is 0 Å². The number of imide groups is 1. The molecule has 0 bridgehead atoms. The standard InChI is InChI=1S/C37H60F3N3O11Si/c1-11-51-31(48)36(43(32(49)53-34(2,3)4)33(50)54-35(5,6)7)22-24(36)17-15-13-12-14-16-18-26(41-30(47)37(38,39)40)28(45)42-23-25(44)21-27(42)29(46)52-19-20-55(8,9)10/h15,17,24-27,44H,11-14,16,18-23H2,1-10H3,(H,41,47)/b17-15-/t24-,25-,26+,27+,36-/m1/s1. The number of carbonyl (C=O) groups is 6. The zero-order chi connectivity index (χ0) is 42.2. The van der Waals surface area contributed by atoms with E-state index in [-0.39, 0.29) is 45.4 Å². The number of hydrogen-bond donors (Lipinski definition) is 2. The highest BCUT2D eigenvalue weighted by atomic mass is 28.3. The highest BCUT2D eigenvalue weighted by molar-refractivity contribution is 6.76. The number of β-amino-alcohol motifs (C(OH)–C–C–N with tert-alkyl or cyclic N) is 1. The summed E-state index contributed by atoms with van der Waals surface area (Å²) in [4.78, 5) is 80.0. The molecule has 2 rings (SSSR count). The Labute approximate surface area is 322 Å². The summed E-state index contributed by atoms with van der Waals surface area (Å²) in [5.74, 6) is -5.42. The van der Waals surface area contributed by atoms with Gasteiger partial charge >= 0.3 is 36.2 Å². The van der Waals surface area contributed by atoms with Crippen LogP contribution in [0.4, 0.5) is 22.8 Å². The zero-order valence-electron chi connectivity index (χ0n) is 33.8. The minimum atomic E-state index is -5.26. The zero-order valence-corrected chi connectivity index (χ0v) is 34.8. The molecular formula is C37H60F3N3O11Si. The average Bonchev–Trinajstić information content (AvgIpc) is 3.58. The van der Waals surface area contributed by atoms with E-state index in [1.807, 2.05) is 0 Å². The third-order valence-electron chi connectivity index (χ3n) is 8.69. The average molecular weight is 808 g/mol. The van der Waals surface area contributed by atoms with Crippen LogP contribution in [0.1, 0.15) is 93.4 Å². The molecule has 2 aliphatic rings. The summed E-state index contributed by atoms with van der Waals surface area (Å²) in [6, 6.07) is -2.16. The van der Waals surface area contributed by atoms with E-state index in [4.69, 9.17) is 18.9 Å². The molecule has 2 N–H and O–H groups in total. The fraction of sp³-hybridized carbons (Fsp3) is 0.784. The van der Waals surface area contributed by atoms with Gasteiger partial charge in [-0.05, 0) is 80.2 Å². The summed E-state index contributed by atoms with van der Waals surface area (Å²) in [7, 11) is -1.56. The molecule has 0 spiro atoms. The highest BCUT2D eigenvalue weighted by Gasteiger charge is 2.69. The van der Waals surface area contributed by atoms with Crippen LogP contribution in [0.5, 0.6) is 0 Å². The number of nitrogens with zero attached hydrogens (tertiary/aromatic N) is 2. The van der Waals surface area contributed by atoms with Gasteiger partial charge in [0.1, 0.15) is 23.3 Å². The first-order chi connectivity index (χ1) is 25.1. The van der Waals surface area contributed by atoms with Crippen LogP contribution in [0.3, 0.4) is 0 Å². The number of halogens is 3. The predicted molar refractivity (Wildman–Crippen MR) is 197 cm³/mol. The summed E-state index contributed by atoms with van der Waals surface area (Å²) >= 11 is 0. The molecule has 0 aromatic carbocycles. The van der Waals surface area contributed by atoms with E-state index in [1.165, 1.54) is 0 Å². The second-order valence-electron chi connectivity index (χ2n) is 17.2. The molecule has 18 heteroatoms. The van der Waals surface area contributed by atoms with Gasteiger partial charge in [-0.2, -0.15) is 18.1 Å². The Kier molecular flexibility index (Phi) is 16.4. The van der Waals surface area contributed by atoms with E-state index in [1.54, 1.807) is 65.9 Å². The van der Waals surface area contributed by atoms with E-state index in [0.29, 0.717) is 30.2 Å². The topological polar surface area (TPSA) is 178 Å². The number of amides is 4. The lowest BCUT2D eigenvalue weighted by atomic mass is 10.0. The molecule has 1 heterocycles. The number of aliphatic hydroxyl groups is 1. The maximum atomic E-state index is 13.5. The van der Waals surface area contributed by atoms with Gasteiger partial charge in [0.2, 0.25) is 5.91 Å². The smallest absolute Gasteiger partial charge is 0.464 e. The Morgan fingerprint density at radius 1 is 0.945 bits per heavy atom. The second kappa shape index (κ2) is 19.0. The van der Waals surface area contributed by atoms with Crippen LogP contribution in [0.15, 0.2) is 12.2 Å². The molecule has 0 unspecified atom stereocenters. The van der Waals surface area contributed by atoms with Crippen molar-refractivity contribution in [1.29, 1.82) is 0 Å². The van der Waals surface area contributed by atoms with Gasteiger partial charge in [0.15, 0.2) is 5.54 Å². The fourth-order valence-corrected chi connectivity index (χ4v) is 6.65. The molecule has 1 aliphatic heterocycles. The number of likely N-dealkylation sites (tertiary alicyclic amines) is 1. The highest BCUT2D eigenvalue weighted by Crippen LogP contribution is 2.51. The normalized spacial score (nSPS) is 22.1. The van der Waals surface area contributed by atoms with Gasteiger partial charge in [-0.25, -0.2) is 19.2 Å². The number of ether oxygens (including phenoxy) is 4. The van der Waals surface area contributed by atoms with E-state index in [2.05, 4.69) is 19.6 Å². The predicted octanol–water partition coefficient (Wildman–Crippen LogP) is 5.88. The van der Waals surface area contributed by atoms with Crippen molar-refractivity contribution in [3.05, 3.63) is 12.2 Å². The number of aliphatic hydroxyl groups excluding tert-OH is 1. The van der Waals surface area contributed by atoms with Gasteiger partial charge < -0.3 is 34.3 Å². The molecule has 1 saturated carbocycles. The second-order valence-corrected chi connectivity index (χ2v) is 22.8. The van der Waals surface area contributed by atoms with Crippen molar-refractivity contribution in [1.82, 2.24) is 15.1 Å². The van der Waals surface area contributed by atoms with Crippen LogP contribution in [-0.4, -0.2) is 120 Å². The summed E-state index contributed by atoms with van der Waals surface area (Å²) < 4.78 is 61.3. The van der Waals surface area contributed by atoms with Crippen LogP contribution in [0.25, 0.3) is 0 Å². The number of carbonyl (C=O) groups excluding carboxylic acids is 6. The van der Waals surface area contributed by atoms with E-state index < -0.39 is 91.0 Å². The first-order valence-corrected chi connectivity index (χ1v) is 22.5. The number of esters is 2. The molecule has 1 saturated heterocycles. The van der Waals surface area contributed by atoms with Gasteiger partial charge in [0.05, 0.1) is 19.3 Å². The lowest BCUT2D eigenvalue weighted by Gasteiger charge is -2.33. The van der Waals surface area contributed by atoms with Gasteiger partial charge in [-0.15, -0.1) is 0 Å². The minimum Gasteiger partial charge on any atom is -0.464 e. The number of unbranched alkanes of at least 4 members (excludes halogenated alkanes) is 3. The maximum Gasteiger partial charge on any atom is 0.471 e. The summed E-state index contributed by atoms with van der Waals surface area (Å²) in [5, 5.41) is 12.0. The molecule has 14 nitrogen and oxygen atoms in total. The van der Waals surface area contributed by atoms with Crippen molar-refractivity contribution in [2.75, 3.05) is 19.8 Å². The molecule has 5 atom stereocenters. The first-order valence-electron chi connectivity index (χ1n) is 18.8. The maximum absolute atomic E-state index is 13.5. The van der Waals surface area contributed by atoms with Crippen LogP contribution in [0, 0.1) is 5.92 Å². The van der Waals surface area contributed by atoms with Crippen molar-refractivity contribution in [2.45, 2.75) is 160 Å². The lowest BCUT2D eigenvalue weighted by molar-refractivity contribution is -0.175. The third kappa shape index (κ3) is 14.7. The van der Waals surface area contributed by atoms with Crippen molar-refractivity contribution >= 4 is 44.0 Å². The third-order valence-corrected chi connectivity index (χ3v) is 10.4. The number of rotatable bonds is 16. The number of allylic oxidation sites excluding steroid dienone is 1.